The molecule has 1 rings (SSSR count). The van der Waals surface area contributed by atoms with Crippen LogP contribution in [0.4, 0.5) is 0 Å². The van der Waals surface area contributed by atoms with E-state index in [9.17, 15) is 4.79 Å². The lowest BCUT2D eigenvalue weighted by molar-refractivity contribution is -0.130. The average Bonchev–Trinajstić information content (AvgIpc) is 2.65. The molecule has 0 radical (unpaired) electrons. The van der Waals surface area contributed by atoms with E-state index in [1.165, 1.54) is 0 Å². The van der Waals surface area contributed by atoms with Crippen LogP contribution in [-0.2, 0) is 9.53 Å². The van der Waals surface area contributed by atoms with E-state index in [0.717, 1.165) is 4.88 Å². The minimum Gasteiger partial charge on any atom is -0.365 e. The lowest BCUT2D eigenvalue weighted by Gasteiger charge is -2.12. The van der Waals surface area contributed by atoms with Crippen molar-refractivity contribution < 1.29 is 9.53 Å². The summed E-state index contributed by atoms with van der Waals surface area (Å²) < 4.78 is 5.40. The van der Waals surface area contributed by atoms with E-state index in [-0.39, 0.29) is 11.9 Å². The number of hydrogen-bond donors (Lipinski definition) is 0. The van der Waals surface area contributed by atoms with E-state index >= 15 is 0 Å². The zero-order valence-corrected chi connectivity index (χ0v) is 8.76. The van der Waals surface area contributed by atoms with Crippen molar-refractivity contribution in [2.45, 2.75) is 26.4 Å². The molecule has 13 heavy (non-hydrogen) atoms. The summed E-state index contributed by atoms with van der Waals surface area (Å²) in [6.07, 6.45) is 0.192. The summed E-state index contributed by atoms with van der Waals surface area (Å²) >= 11 is 1.57. The largest absolute Gasteiger partial charge is 0.365 e. The van der Waals surface area contributed by atoms with Crippen LogP contribution in [0.1, 0.15) is 31.2 Å². The second-order valence-corrected chi connectivity index (χ2v) is 3.65. The maximum Gasteiger partial charge on any atom is 0.166 e. The Morgan fingerprint density at radius 1 is 1.62 bits per heavy atom. The first-order chi connectivity index (χ1) is 6.29. The Morgan fingerprint density at radius 3 is 2.85 bits per heavy atom. The number of ketones is 1. The van der Waals surface area contributed by atoms with Crippen molar-refractivity contribution in [3.05, 3.63) is 22.4 Å². The molecule has 1 aromatic rings. The Kier molecular flexibility index (Phi) is 4.12. The molecule has 1 heterocycles. The van der Waals surface area contributed by atoms with Gasteiger partial charge in [-0.15, -0.1) is 11.3 Å². The minimum absolute atomic E-state index is 0.157. The molecule has 0 saturated carbocycles. The third kappa shape index (κ3) is 2.64. The molecule has 0 aromatic carbocycles. The first-order valence-electron chi connectivity index (χ1n) is 4.47. The van der Waals surface area contributed by atoms with Gasteiger partial charge in [0.1, 0.15) is 6.10 Å². The van der Waals surface area contributed by atoms with Gasteiger partial charge in [-0.2, -0.15) is 0 Å². The van der Waals surface area contributed by atoms with Crippen LogP contribution in [0.15, 0.2) is 17.5 Å². The Hall–Kier alpha value is -0.670. The second-order valence-electron chi connectivity index (χ2n) is 2.67. The Labute approximate surface area is 82.5 Å². The quantitative estimate of drug-likeness (QED) is 0.727. The molecule has 0 bridgehead atoms. The predicted molar refractivity (Wildman–Crippen MR) is 54.0 cm³/mol. The topological polar surface area (TPSA) is 26.3 Å². The highest BCUT2D eigenvalue weighted by Crippen LogP contribution is 2.24. The van der Waals surface area contributed by atoms with Crippen LogP contribution in [0.5, 0.6) is 0 Å². The van der Waals surface area contributed by atoms with Crippen molar-refractivity contribution in [1.29, 1.82) is 0 Å². The number of hydrogen-bond acceptors (Lipinski definition) is 3. The highest BCUT2D eigenvalue weighted by atomic mass is 32.1. The molecule has 0 N–H and O–H groups in total. The van der Waals surface area contributed by atoms with E-state index in [2.05, 4.69) is 0 Å². The standard InChI is InChI=1S/C10H14O2S/c1-3-8(11)10(12-4-2)9-6-5-7-13-9/h5-7,10H,3-4H2,1-2H3. The van der Waals surface area contributed by atoms with E-state index in [0.29, 0.717) is 13.0 Å². The van der Waals surface area contributed by atoms with Gasteiger partial charge in [-0.25, -0.2) is 0 Å². The number of thiophene rings is 1. The van der Waals surface area contributed by atoms with E-state index in [4.69, 9.17) is 4.74 Å². The lowest BCUT2D eigenvalue weighted by Crippen LogP contribution is -2.13. The molecule has 3 heteroatoms. The SMILES string of the molecule is CCOC(C(=O)CC)c1cccs1. The number of ether oxygens (including phenoxy) is 1. The molecule has 1 atom stereocenters. The molecule has 0 saturated heterocycles. The van der Waals surface area contributed by atoms with Crippen LogP contribution in [0.2, 0.25) is 0 Å². The van der Waals surface area contributed by atoms with Gasteiger partial charge < -0.3 is 4.74 Å². The summed E-state index contributed by atoms with van der Waals surface area (Å²) in [5, 5.41) is 1.96. The molecular weight excluding hydrogens is 184 g/mol. The first kappa shape index (κ1) is 10.4. The summed E-state index contributed by atoms with van der Waals surface area (Å²) in [6, 6.07) is 3.88. The summed E-state index contributed by atoms with van der Waals surface area (Å²) in [6.45, 7) is 4.35. The number of carbonyl (C=O) groups is 1. The number of Topliss-reactive ketones (excluding diaryl/α,β-unsaturated/α-hetero) is 1. The van der Waals surface area contributed by atoms with Gasteiger partial charge >= 0.3 is 0 Å². The first-order valence-corrected chi connectivity index (χ1v) is 5.35. The van der Waals surface area contributed by atoms with Gasteiger partial charge in [-0.3, -0.25) is 4.79 Å². The van der Waals surface area contributed by atoms with Gasteiger partial charge in [0.15, 0.2) is 5.78 Å². The van der Waals surface area contributed by atoms with Crippen molar-refractivity contribution in [3.8, 4) is 0 Å². The fourth-order valence-corrected chi connectivity index (χ4v) is 1.92. The average molecular weight is 198 g/mol. The van der Waals surface area contributed by atoms with E-state index in [1.54, 1.807) is 11.3 Å². The lowest BCUT2D eigenvalue weighted by atomic mass is 10.1. The van der Waals surface area contributed by atoms with Gasteiger partial charge in [0.05, 0.1) is 0 Å². The molecule has 0 spiro atoms. The number of carbonyl (C=O) groups excluding carboxylic acids is 1. The molecule has 0 aliphatic heterocycles. The second kappa shape index (κ2) is 5.14. The Bertz CT molecular complexity index is 254. The third-order valence-electron chi connectivity index (χ3n) is 1.78. The minimum atomic E-state index is -0.338. The van der Waals surface area contributed by atoms with Crippen molar-refractivity contribution in [2.75, 3.05) is 6.61 Å². The van der Waals surface area contributed by atoms with Crippen LogP contribution < -0.4 is 0 Å². The molecule has 72 valence electrons. The summed E-state index contributed by atoms with van der Waals surface area (Å²) in [5.74, 6) is 0.157. The zero-order valence-electron chi connectivity index (χ0n) is 7.95. The van der Waals surface area contributed by atoms with Crippen molar-refractivity contribution in [1.82, 2.24) is 0 Å². The molecule has 2 nitrogen and oxygen atoms in total. The molecule has 0 aliphatic carbocycles. The normalized spacial score (nSPS) is 12.8. The maximum atomic E-state index is 11.5. The smallest absolute Gasteiger partial charge is 0.166 e. The molecular formula is C10H14O2S. The fraction of sp³-hybridized carbons (Fsp3) is 0.500. The van der Waals surface area contributed by atoms with Crippen LogP contribution >= 0.6 is 11.3 Å². The zero-order chi connectivity index (χ0) is 9.68. The summed E-state index contributed by atoms with van der Waals surface area (Å²) in [4.78, 5) is 12.5. The van der Waals surface area contributed by atoms with Crippen molar-refractivity contribution in [3.63, 3.8) is 0 Å². The van der Waals surface area contributed by atoms with E-state index in [1.807, 2.05) is 31.4 Å². The van der Waals surface area contributed by atoms with E-state index < -0.39 is 0 Å². The highest BCUT2D eigenvalue weighted by Gasteiger charge is 2.19. The molecule has 0 amide bonds. The van der Waals surface area contributed by atoms with Crippen LogP contribution in [0.3, 0.4) is 0 Å². The van der Waals surface area contributed by atoms with Gasteiger partial charge in [0.2, 0.25) is 0 Å². The van der Waals surface area contributed by atoms with Gasteiger partial charge in [0, 0.05) is 17.9 Å². The predicted octanol–water partition coefficient (Wildman–Crippen LogP) is 2.80. The molecule has 0 aliphatic rings. The molecule has 0 fully saturated rings. The number of rotatable bonds is 5. The third-order valence-corrected chi connectivity index (χ3v) is 2.69. The Morgan fingerprint density at radius 2 is 2.38 bits per heavy atom. The summed E-state index contributed by atoms with van der Waals surface area (Å²) in [5.41, 5.74) is 0. The maximum absolute atomic E-state index is 11.5. The van der Waals surface area contributed by atoms with Crippen molar-refractivity contribution >= 4 is 17.1 Å². The fourth-order valence-electron chi connectivity index (χ4n) is 1.13. The van der Waals surface area contributed by atoms with Gasteiger partial charge in [-0.05, 0) is 18.4 Å². The van der Waals surface area contributed by atoms with Crippen LogP contribution in [0.25, 0.3) is 0 Å². The van der Waals surface area contributed by atoms with Crippen LogP contribution in [0, 0.1) is 0 Å². The van der Waals surface area contributed by atoms with Crippen LogP contribution in [-0.4, -0.2) is 12.4 Å². The Balaban J connectivity index is 2.74. The monoisotopic (exact) mass is 198 g/mol. The summed E-state index contributed by atoms with van der Waals surface area (Å²) in [7, 11) is 0. The highest BCUT2D eigenvalue weighted by molar-refractivity contribution is 7.10. The van der Waals surface area contributed by atoms with Crippen molar-refractivity contribution in [2.24, 2.45) is 0 Å². The van der Waals surface area contributed by atoms with Gasteiger partial charge in [0.25, 0.3) is 0 Å². The molecule has 1 unspecified atom stereocenters. The van der Waals surface area contributed by atoms with Gasteiger partial charge in [-0.1, -0.05) is 13.0 Å². The molecule has 1 aromatic heterocycles.